The summed E-state index contributed by atoms with van der Waals surface area (Å²) in [6, 6.07) is 0. The van der Waals surface area contributed by atoms with Crippen LogP contribution in [0.15, 0.2) is 6.20 Å². The molecular formula is C12H18ClN3O. The van der Waals surface area contributed by atoms with Crippen molar-refractivity contribution in [1.29, 1.82) is 0 Å². The molecule has 5 heteroatoms. The van der Waals surface area contributed by atoms with Crippen molar-refractivity contribution >= 4 is 17.5 Å². The van der Waals surface area contributed by atoms with Gasteiger partial charge in [-0.2, -0.15) is 5.10 Å². The van der Waals surface area contributed by atoms with E-state index in [1.165, 1.54) is 5.69 Å². The van der Waals surface area contributed by atoms with Gasteiger partial charge in [0, 0.05) is 30.8 Å². The van der Waals surface area contributed by atoms with Crippen molar-refractivity contribution in [1.82, 2.24) is 14.7 Å². The molecule has 0 fully saturated rings. The molecule has 0 saturated heterocycles. The van der Waals surface area contributed by atoms with Gasteiger partial charge in [0.15, 0.2) is 0 Å². The Balaban J connectivity index is 2.25. The summed E-state index contributed by atoms with van der Waals surface area (Å²) in [4.78, 5) is 13.3. The van der Waals surface area contributed by atoms with Gasteiger partial charge in [-0.25, -0.2) is 0 Å². The second-order valence-corrected chi connectivity index (χ2v) is 5.67. The molecular weight excluding hydrogens is 238 g/mol. The number of hydrogen-bond donors (Lipinski definition) is 0. The molecule has 1 aliphatic heterocycles. The van der Waals surface area contributed by atoms with Crippen LogP contribution in [0.25, 0.3) is 0 Å². The molecule has 1 aliphatic rings. The fraction of sp³-hybridized carbons (Fsp3) is 0.667. The van der Waals surface area contributed by atoms with E-state index in [9.17, 15) is 4.79 Å². The summed E-state index contributed by atoms with van der Waals surface area (Å²) >= 11 is 5.58. The van der Waals surface area contributed by atoms with E-state index in [4.69, 9.17) is 11.6 Å². The Kier molecular flexibility index (Phi) is 3.17. The zero-order chi connectivity index (χ0) is 12.6. The molecule has 0 saturated carbocycles. The third-order valence-corrected chi connectivity index (χ3v) is 3.27. The first-order chi connectivity index (χ1) is 7.93. The summed E-state index contributed by atoms with van der Waals surface area (Å²) < 4.78 is 2.06. The molecule has 0 bridgehead atoms. The second kappa shape index (κ2) is 4.33. The van der Waals surface area contributed by atoms with Crippen LogP contribution in [0, 0.1) is 0 Å². The number of halogens is 1. The highest BCUT2D eigenvalue weighted by Gasteiger charge is 2.26. The van der Waals surface area contributed by atoms with Crippen molar-refractivity contribution in [2.75, 3.05) is 12.4 Å². The maximum Gasteiger partial charge on any atom is 0.237 e. The van der Waals surface area contributed by atoms with Gasteiger partial charge in [-0.3, -0.25) is 9.48 Å². The van der Waals surface area contributed by atoms with Gasteiger partial charge in [-0.05, 0) is 20.8 Å². The number of aromatic nitrogens is 2. The zero-order valence-corrected chi connectivity index (χ0v) is 11.3. The maximum absolute atomic E-state index is 11.5. The van der Waals surface area contributed by atoms with Gasteiger partial charge in [0.05, 0.1) is 11.7 Å². The molecule has 0 atom stereocenters. The van der Waals surface area contributed by atoms with Crippen LogP contribution in [0.2, 0.25) is 0 Å². The van der Waals surface area contributed by atoms with Gasteiger partial charge in [-0.1, -0.05) is 0 Å². The molecule has 0 radical (unpaired) electrons. The minimum absolute atomic E-state index is 0.000764. The van der Waals surface area contributed by atoms with Gasteiger partial charge in [0.2, 0.25) is 5.91 Å². The van der Waals surface area contributed by atoms with Crippen LogP contribution in [0.3, 0.4) is 0 Å². The normalized spacial score (nSPS) is 15.9. The standard InChI is InChI=1S/C12H18ClN3O/c1-12(2,3)16-10-4-5-15(11(17)6-13)8-9(10)7-14-16/h7H,4-6,8H2,1-3H3. The fourth-order valence-corrected chi connectivity index (χ4v) is 2.38. The first-order valence-corrected chi connectivity index (χ1v) is 6.37. The lowest BCUT2D eigenvalue weighted by Gasteiger charge is -2.29. The van der Waals surface area contributed by atoms with Crippen LogP contribution in [-0.2, 0) is 23.3 Å². The lowest BCUT2D eigenvalue weighted by Crippen LogP contribution is -2.38. The van der Waals surface area contributed by atoms with Crippen LogP contribution in [0.5, 0.6) is 0 Å². The Morgan fingerprint density at radius 2 is 2.24 bits per heavy atom. The molecule has 0 unspecified atom stereocenters. The van der Waals surface area contributed by atoms with Crippen LogP contribution in [0.4, 0.5) is 0 Å². The minimum Gasteiger partial charge on any atom is -0.337 e. The number of fused-ring (bicyclic) bond motifs is 1. The van der Waals surface area contributed by atoms with Gasteiger partial charge < -0.3 is 4.90 Å². The average Bonchev–Trinajstić information content (AvgIpc) is 2.70. The number of rotatable bonds is 1. The predicted octanol–water partition coefficient (Wildman–Crippen LogP) is 1.76. The Hall–Kier alpha value is -1.03. The monoisotopic (exact) mass is 255 g/mol. The highest BCUT2D eigenvalue weighted by atomic mass is 35.5. The number of carbonyl (C=O) groups excluding carboxylic acids is 1. The lowest BCUT2D eigenvalue weighted by molar-refractivity contribution is -0.129. The van der Waals surface area contributed by atoms with E-state index < -0.39 is 0 Å². The Bertz CT molecular complexity index is 433. The Morgan fingerprint density at radius 1 is 1.53 bits per heavy atom. The van der Waals surface area contributed by atoms with E-state index in [2.05, 4.69) is 30.6 Å². The first kappa shape index (κ1) is 12.4. The summed E-state index contributed by atoms with van der Waals surface area (Å²) in [5, 5.41) is 4.43. The third-order valence-electron chi connectivity index (χ3n) is 3.04. The van der Waals surface area contributed by atoms with Crippen molar-refractivity contribution in [3.05, 3.63) is 17.5 Å². The lowest BCUT2D eigenvalue weighted by atomic mass is 10.0. The SMILES string of the molecule is CC(C)(C)n1ncc2c1CCN(C(=O)CCl)C2. The first-order valence-electron chi connectivity index (χ1n) is 5.83. The molecule has 0 aliphatic carbocycles. The average molecular weight is 256 g/mol. The predicted molar refractivity (Wildman–Crippen MR) is 67.1 cm³/mol. The zero-order valence-electron chi connectivity index (χ0n) is 10.5. The van der Waals surface area contributed by atoms with Crippen LogP contribution < -0.4 is 0 Å². The highest BCUT2D eigenvalue weighted by Crippen LogP contribution is 2.24. The summed E-state index contributed by atoms with van der Waals surface area (Å²) in [6.07, 6.45) is 2.73. The Morgan fingerprint density at radius 3 is 2.82 bits per heavy atom. The molecule has 1 aromatic heterocycles. The second-order valence-electron chi connectivity index (χ2n) is 5.40. The Labute approximate surface area is 107 Å². The van der Waals surface area contributed by atoms with Crippen LogP contribution in [-0.4, -0.2) is 33.0 Å². The molecule has 0 spiro atoms. The molecule has 0 N–H and O–H groups in total. The molecule has 2 rings (SSSR count). The van der Waals surface area contributed by atoms with Gasteiger partial charge >= 0.3 is 0 Å². The van der Waals surface area contributed by atoms with E-state index in [1.54, 1.807) is 4.90 Å². The van der Waals surface area contributed by atoms with E-state index in [0.29, 0.717) is 6.54 Å². The van der Waals surface area contributed by atoms with Crippen molar-refractivity contribution in [2.45, 2.75) is 39.3 Å². The summed E-state index contributed by atoms with van der Waals surface area (Å²) in [5.41, 5.74) is 2.38. The van der Waals surface area contributed by atoms with Crippen molar-refractivity contribution in [3.63, 3.8) is 0 Å². The number of carbonyl (C=O) groups is 1. The van der Waals surface area contributed by atoms with Gasteiger partial charge in [0.1, 0.15) is 5.88 Å². The molecule has 1 amide bonds. The number of alkyl halides is 1. The number of amides is 1. The smallest absolute Gasteiger partial charge is 0.237 e. The van der Waals surface area contributed by atoms with Crippen molar-refractivity contribution in [2.24, 2.45) is 0 Å². The van der Waals surface area contributed by atoms with Crippen molar-refractivity contribution in [3.8, 4) is 0 Å². The molecule has 2 heterocycles. The van der Waals surface area contributed by atoms with Crippen LogP contribution >= 0.6 is 11.6 Å². The highest BCUT2D eigenvalue weighted by molar-refractivity contribution is 6.27. The van der Waals surface area contributed by atoms with E-state index >= 15 is 0 Å². The van der Waals surface area contributed by atoms with E-state index in [0.717, 1.165) is 18.5 Å². The summed E-state index contributed by atoms with van der Waals surface area (Å²) in [7, 11) is 0. The number of nitrogens with zero attached hydrogens (tertiary/aromatic N) is 3. The topological polar surface area (TPSA) is 38.1 Å². The van der Waals surface area contributed by atoms with Gasteiger partial charge in [0.25, 0.3) is 0 Å². The molecule has 0 aromatic carbocycles. The summed E-state index contributed by atoms with van der Waals surface area (Å²) in [6.45, 7) is 7.78. The number of hydrogen-bond acceptors (Lipinski definition) is 2. The minimum atomic E-state index is -0.00769. The third kappa shape index (κ3) is 2.32. The fourth-order valence-electron chi connectivity index (χ4n) is 2.21. The van der Waals surface area contributed by atoms with Crippen molar-refractivity contribution < 1.29 is 4.79 Å². The molecule has 17 heavy (non-hydrogen) atoms. The largest absolute Gasteiger partial charge is 0.337 e. The van der Waals surface area contributed by atoms with Gasteiger partial charge in [-0.15, -0.1) is 11.6 Å². The van der Waals surface area contributed by atoms with E-state index in [1.807, 2.05) is 6.20 Å². The maximum atomic E-state index is 11.5. The van der Waals surface area contributed by atoms with E-state index in [-0.39, 0.29) is 17.3 Å². The molecule has 94 valence electrons. The quantitative estimate of drug-likeness (QED) is 0.718. The molecule has 4 nitrogen and oxygen atoms in total. The molecule has 1 aromatic rings. The summed E-state index contributed by atoms with van der Waals surface area (Å²) in [5.74, 6) is 0.0590. The van der Waals surface area contributed by atoms with Crippen LogP contribution in [0.1, 0.15) is 32.0 Å².